The van der Waals surface area contributed by atoms with Crippen LogP contribution in [0.4, 0.5) is 5.69 Å². The first-order chi connectivity index (χ1) is 6.59. The van der Waals surface area contributed by atoms with Crippen LogP contribution >= 0.6 is 0 Å². The first kappa shape index (κ1) is 8.62. The van der Waals surface area contributed by atoms with Gasteiger partial charge in [-0.05, 0) is 18.6 Å². The van der Waals surface area contributed by atoms with Crippen LogP contribution in [-0.4, -0.2) is 11.1 Å². The van der Waals surface area contributed by atoms with Crippen LogP contribution in [0.15, 0.2) is 22.8 Å². The predicted molar refractivity (Wildman–Crippen MR) is 52.3 cm³/mol. The highest BCUT2D eigenvalue weighted by Gasteiger charge is 2.14. The summed E-state index contributed by atoms with van der Waals surface area (Å²) in [4.78, 5) is 10.9. The summed E-state index contributed by atoms with van der Waals surface area (Å²) in [6.45, 7) is 1.80. The molecule has 0 fully saturated rings. The molecule has 0 saturated heterocycles. The van der Waals surface area contributed by atoms with E-state index < -0.39 is 5.97 Å². The second-order valence-electron chi connectivity index (χ2n) is 3.17. The van der Waals surface area contributed by atoms with E-state index in [1.54, 1.807) is 13.0 Å². The topological polar surface area (TPSA) is 76.5 Å². The molecule has 0 spiro atoms. The van der Waals surface area contributed by atoms with Crippen molar-refractivity contribution in [2.24, 2.45) is 0 Å². The van der Waals surface area contributed by atoms with Crippen LogP contribution in [0.1, 0.15) is 15.9 Å². The maximum absolute atomic E-state index is 10.9. The third-order valence-electron chi connectivity index (χ3n) is 2.11. The van der Waals surface area contributed by atoms with Gasteiger partial charge in [-0.25, -0.2) is 4.79 Å². The van der Waals surface area contributed by atoms with Crippen LogP contribution in [0.25, 0.3) is 11.0 Å². The van der Waals surface area contributed by atoms with Gasteiger partial charge in [0.25, 0.3) is 0 Å². The van der Waals surface area contributed by atoms with E-state index in [0.29, 0.717) is 16.7 Å². The summed E-state index contributed by atoms with van der Waals surface area (Å²) in [5, 5.41) is 9.57. The summed E-state index contributed by atoms with van der Waals surface area (Å²) in [6.07, 6.45) is 1.52. The Morgan fingerprint density at radius 1 is 1.50 bits per heavy atom. The molecule has 0 bridgehead atoms. The maximum atomic E-state index is 10.9. The molecule has 0 aliphatic heterocycles. The van der Waals surface area contributed by atoms with Crippen molar-refractivity contribution in [3.05, 3.63) is 29.5 Å². The zero-order valence-electron chi connectivity index (χ0n) is 7.57. The van der Waals surface area contributed by atoms with Gasteiger partial charge in [-0.1, -0.05) is 0 Å². The molecule has 4 nitrogen and oxygen atoms in total. The molecule has 2 rings (SSSR count). The van der Waals surface area contributed by atoms with E-state index in [-0.39, 0.29) is 5.56 Å². The monoisotopic (exact) mass is 191 g/mol. The highest BCUT2D eigenvalue weighted by atomic mass is 16.4. The van der Waals surface area contributed by atoms with E-state index in [0.717, 1.165) is 5.56 Å². The summed E-state index contributed by atoms with van der Waals surface area (Å²) in [6, 6.07) is 3.06. The summed E-state index contributed by atoms with van der Waals surface area (Å²) >= 11 is 0. The summed E-state index contributed by atoms with van der Waals surface area (Å²) in [5.74, 6) is -0.994. The Hall–Kier alpha value is -1.97. The lowest BCUT2D eigenvalue weighted by Gasteiger charge is -1.99. The minimum absolute atomic E-state index is 0.186. The van der Waals surface area contributed by atoms with Crippen molar-refractivity contribution >= 4 is 22.6 Å². The van der Waals surface area contributed by atoms with E-state index >= 15 is 0 Å². The lowest BCUT2D eigenvalue weighted by atomic mass is 10.1. The van der Waals surface area contributed by atoms with E-state index in [2.05, 4.69) is 0 Å². The number of nitrogens with two attached hydrogens (primary N) is 1. The minimum atomic E-state index is -0.994. The third kappa shape index (κ3) is 1.12. The van der Waals surface area contributed by atoms with Gasteiger partial charge in [-0.3, -0.25) is 0 Å². The third-order valence-corrected chi connectivity index (χ3v) is 2.11. The quantitative estimate of drug-likeness (QED) is 0.676. The lowest BCUT2D eigenvalue weighted by molar-refractivity contribution is 0.0699. The van der Waals surface area contributed by atoms with Crippen molar-refractivity contribution in [2.45, 2.75) is 6.92 Å². The maximum Gasteiger partial charge on any atom is 0.336 e. The van der Waals surface area contributed by atoms with E-state index in [9.17, 15) is 4.79 Å². The number of carboxylic acids is 1. The number of carbonyl (C=O) groups is 1. The first-order valence-electron chi connectivity index (χ1n) is 4.10. The second kappa shape index (κ2) is 2.77. The fourth-order valence-corrected chi connectivity index (χ4v) is 1.52. The number of aromatic carboxylic acids is 1. The smallest absolute Gasteiger partial charge is 0.336 e. The average Bonchev–Trinajstić information content (AvgIpc) is 2.46. The SMILES string of the molecule is Cc1coc2cc(N)cc(C(=O)O)c12. The van der Waals surface area contributed by atoms with Crippen LogP contribution in [0.2, 0.25) is 0 Å². The normalized spacial score (nSPS) is 10.6. The number of furan rings is 1. The average molecular weight is 191 g/mol. The molecule has 1 heterocycles. The Bertz CT molecular complexity index is 513. The number of hydrogen-bond donors (Lipinski definition) is 2. The molecule has 0 unspecified atom stereocenters. The van der Waals surface area contributed by atoms with Crippen LogP contribution in [0.3, 0.4) is 0 Å². The molecule has 1 aromatic carbocycles. The number of aryl methyl sites for hydroxylation is 1. The molecule has 3 N–H and O–H groups in total. The number of benzene rings is 1. The molecular weight excluding hydrogens is 182 g/mol. The molecule has 4 heteroatoms. The Labute approximate surface area is 79.9 Å². The first-order valence-corrected chi connectivity index (χ1v) is 4.10. The van der Waals surface area contributed by atoms with Gasteiger partial charge in [0.1, 0.15) is 5.58 Å². The number of hydrogen-bond acceptors (Lipinski definition) is 3. The van der Waals surface area contributed by atoms with Gasteiger partial charge < -0.3 is 15.3 Å². The molecule has 2 aromatic rings. The molecular formula is C10H9NO3. The summed E-state index contributed by atoms with van der Waals surface area (Å²) in [7, 11) is 0. The van der Waals surface area contributed by atoms with E-state index in [1.807, 2.05) is 0 Å². The van der Waals surface area contributed by atoms with Gasteiger partial charge in [0.15, 0.2) is 0 Å². The highest BCUT2D eigenvalue weighted by Crippen LogP contribution is 2.27. The molecule has 0 aliphatic rings. The second-order valence-corrected chi connectivity index (χ2v) is 3.17. The van der Waals surface area contributed by atoms with Gasteiger partial charge in [0, 0.05) is 17.1 Å². The van der Waals surface area contributed by atoms with Gasteiger partial charge >= 0.3 is 5.97 Å². The molecule has 0 amide bonds. The minimum Gasteiger partial charge on any atom is -0.478 e. The van der Waals surface area contributed by atoms with Crippen molar-refractivity contribution in [3.63, 3.8) is 0 Å². The molecule has 0 atom stereocenters. The molecule has 0 radical (unpaired) electrons. The Morgan fingerprint density at radius 2 is 2.21 bits per heavy atom. The highest BCUT2D eigenvalue weighted by molar-refractivity contribution is 6.05. The Kier molecular flexibility index (Phi) is 1.70. The van der Waals surface area contributed by atoms with E-state index in [4.69, 9.17) is 15.3 Å². The van der Waals surface area contributed by atoms with Crippen LogP contribution in [-0.2, 0) is 0 Å². The molecule has 1 aromatic heterocycles. The number of anilines is 1. The van der Waals surface area contributed by atoms with Crippen LogP contribution in [0, 0.1) is 6.92 Å². The van der Waals surface area contributed by atoms with Crippen molar-refractivity contribution in [2.75, 3.05) is 5.73 Å². The number of fused-ring (bicyclic) bond motifs is 1. The summed E-state index contributed by atoms with van der Waals surface area (Å²) in [5.41, 5.74) is 7.44. The lowest BCUT2D eigenvalue weighted by Crippen LogP contribution is -1.99. The van der Waals surface area contributed by atoms with Crippen molar-refractivity contribution in [1.82, 2.24) is 0 Å². The van der Waals surface area contributed by atoms with Gasteiger partial charge in [0.05, 0.1) is 11.8 Å². The molecule has 0 aliphatic carbocycles. The number of carboxylic acid groups (broad SMARTS) is 1. The van der Waals surface area contributed by atoms with Gasteiger partial charge in [-0.2, -0.15) is 0 Å². The van der Waals surface area contributed by atoms with Crippen LogP contribution in [0.5, 0.6) is 0 Å². The molecule has 72 valence electrons. The zero-order chi connectivity index (χ0) is 10.3. The van der Waals surface area contributed by atoms with Gasteiger partial charge in [0.2, 0.25) is 0 Å². The molecule has 0 saturated carbocycles. The largest absolute Gasteiger partial charge is 0.478 e. The Balaban J connectivity index is 2.90. The summed E-state index contributed by atoms with van der Waals surface area (Å²) < 4.78 is 5.18. The van der Waals surface area contributed by atoms with Crippen molar-refractivity contribution in [1.29, 1.82) is 0 Å². The predicted octanol–water partition coefficient (Wildman–Crippen LogP) is 2.02. The van der Waals surface area contributed by atoms with E-state index in [1.165, 1.54) is 12.3 Å². The Morgan fingerprint density at radius 3 is 2.86 bits per heavy atom. The van der Waals surface area contributed by atoms with Crippen molar-refractivity contribution in [3.8, 4) is 0 Å². The van der Waals surface area contributed by atoms with Crippen LogP contribution < -0.4 is 5.73 Å². The van der Waals surface area contributed by atoms with Gasteiger partial charge in [-0.15, -0.1) is 0 Å². The van der Waals surface area contributed by atoms with Crippen molar-refractivity contribution < 1.29 is 14.3 Å². The number of rotatable bonds is 1. The zero-order valence-corrected chi connectivity index (χ0v) is 7.57. The standard InChI is InChI=1S/C10H9NO3/c1-5-4-14-8-3-6(11)2-7(9(5)8)10(12)13/h2-4H,11H2,1H3,(H,12,13). The fourth-order valence-electron chi connectivity index (χ4n) is 1.52. The molecule has 14 heavy (non-hydrogen) atoms. The fraction of sp³-hybridized carbons (Fsp3) is 0.100. The number of nitrogen functional groups attached to an aromatic ring is 1.